The van der Waals surface area contributed by atoms with Gasteiger partial charge in [-0.05, 0) is 54.0 Å². The molecule has 36 heavy (non-hydrogen) atoms. The Morgan fingerprint density at radius 1 is 1.08 bits per heavy atom. The highest BCUT2D eigenvalue weighted by atomic mass is 16.6. The van der Waals surface area contributed by atoms with E-state index in [1.165, 1.54) is 39.8 Å². The normalized spacial score (nSPS) is 38.2. The summed E-state index contributed by atoms with van der Waals surface area (Å²) in [5.41, 5.74) is -6.38. The molecule has 6 atom stereocenters. The Morgan fingerprint density at radius 3 is 2.25 bits per heavy atom. The van der Waals surface area contributed by atoms with Crippen LogP contribution in [0.5, 0.6) is 0 Å². The smallest absolute Gasteiger partial charge is 0.338 e. The topological polar surface area (TPSA) is 138 Å². The van der Waals surface area contributed by atoms with Gasteiger partial charge in [0.25, 0.3) is 0 Å². The van der Waals surface area contributed by atoms with Crippen molar-refractivity contribution in [2.24, 2.45) is 23.2 Å². The van der Waals surface area contributed by atoms with Gasteiger partial charge in [-0.25, -0.2) is 4.79 Å². The van der Waals surface area contributed by atoms with Crippen molar-refractivity contribution in [2.75, 3.05) is 0 Å². The fraction of sp³-hybridized carbons (Fsp3) is 0.500. The van der Waals surface area contributed by atoms with E-state index in [0.717, 1.165) is 0 Å². The highest BCUT2D eigenvalue weighted by molar-refractivity contribution is 6.23. The zero-order valence-corrected chi connectivity index (χ0v) is 21.5. The lowest BCUT2D eigenvalue weighted by Crippen LogP contribution is -2.75. The number of hydrogen-bond donors (Lipinski definition) is 3. The molecule has 3 N–H and O–H groups in total. The third-order valence-electron chi connectivity index (χ3n) is 7.95. The van der Waals surface area contributed by atoms with E-state index in [-0.39, 0.29) is 17.6 Å². The molecule has 1 heterocycles. The molecule has 3 aliphatic carbocycles. The first kappa shape index (κ1) is 27.3. The summed E-state index contributed by atoms with van der Waals surface area (Å²) in [7, 11) is 0. The van der Waals surface area contributed by atoms with Crippen molar-refractivity contribution >= 4 is 23.3 Å². The predicted molar refractivity (Wildman–Crippen MR) is 132 cm³/mol. The van der Waals surface area contributed by atoms with Gasteiger partial charge in [-0.3, -0.25) is 14.4 Å². The van der Waals surface area contributed by atoms with E-state index in [2.05, 4.69) is 0 Å². The molecule has 0 saturated heterocycles. The lowest BCUT2D eigenvalue weighted by Gasteiger charge is -2.61. The van der Waals surface area contributed by atoms with E-state index in [0.29, 0.717) is 6.42 Å². The van der Waals surface area contributed by atoms with Crippen molar-refractivity contribution in [3.8, 4) is 0 Å². The summed E-state index contributed by atoms with van der Waals surface area (Å²) in [4.78, 5) is 53.6. The van der Waals surface area contributed by atoms with Gasteiger partial charge in [0.2, 0.25) is 0 Å². The van der Waals surface area contributed by atoms with Gasteiger partial charge in [-0.1, -0.05) is 30.4 Å². The van der Waals surface area contributed by atoms with Gasteiger partial charge in [0.15, 0.2) is 17.2 Å². The molecule has 4 rings (SSSR count). The first-order valence-corrected chi connectivity index (χ1v) is 12.0. The van der Waals surface area contributed by atoms with Crippen LogP contribution in [0.1, 0.15) is 54.4 Å². The van der Waals surface area contributed by atoms with Crippen LogP contribution in [0, 0.1) is 23.2 Å². The number of carbonyl (C=O) groups excluding carboxylic acids is 4. The fourth-order valence-corrected chi connectivity index (χ4v) is 6.18. The first-order valence-electron chi connectivity index (χ1n) is 12.0. The molecule has 4 aliphatic rings. The van der Waals surface area contributed by atoms with Crippen molar-refractivity contribution in [3.63, 3.8) is 0 Å². The molecule has 0 aromatic rings. The highest BCUT2D eigenvalue weighted by Crippen LogP contribution is 2.64. The summed E-state index contributed by atoms with van der Waals surface area (Å²) < 4.78 is 5.61. The third-order valence-corrected chi connectivity index (χ3v) is 7.95. The van der Waals surface area contributed by atoms with Crippen LogP contribution in [-0.4, -0.2) is 49.8 Å². The molecule has 8 nitrogen and oxygen atoms in total. The van der Waals surface area contributed by atoms with Crippen molar-refractivity contribution in [2.45, 2.75) is 65.6 Å². The van der Waals surface area contributed by atoms with E-state index in [9.17, 15) is 34.5 Å². The fourth-order valence-electron chi connectivity index (χ4n) is 6.18. The number of carbonyl (C=O) groups is 4. The Bertz CT molecular complexity index is 1160. The van der Waals surface area contributed by atoms with E-state index in [1.54, 1.807) is 38.2 Å². The van der Waals surface area contributed by atoms with Crippen LogP contribution >= 0.6 is 0 Å². The summed E-state index contributed by atoms with van der Waals surface area (Å²) in [6.07, 6.45) is 9.98. The number of esters is 1. The summed E-state index contributed by atoms with van der Waals surface area (Å²) in [5.74, 6) is -7.69. The highest BCUT2D eigenvalue weighted by Gasteiger charge is 2.77. The number of hydrogen-bond acceptors (Lipinski definition) is 8. The molecule has 2 bridgehead atoms. The minimum absolute atomic E-state index is 0.00374. The van der Waals surface area contributed by atoms with Crippen molar-refractivity contribution in [1.82, 2.24) is 0 Å². The maximum Gasteiger partial charge on any atom is 0.338 e. The van der Waals surface area contributed by atoms with Crippen LogP contribution in [0.25, 0.3) is 0 Å². The van der Waals surface area contributed by atoms with Crippen molar-refractivity contribution in [1.29, 1.82) is 0 Å². The number of cyclic esters (lactones) is 1. The van der Waals surface area contributed by atoms with Gasteiger partial charge in [0, 0.05) is 29.7 Å². The Labute approximate surface area is 210 Å². The Kier molecular flexibility index (Phi) is 7.07. The van der Waals surface area contributed by atoms with Crippen LogP contribution in [0.15, 0.2) is 59.1 Å². The standard InChI is InChI=1S/C28H34O8/c1-7-9-11-13-16(29)18-20-21(28(6)22(31)15(3)24(33)36-28)19(17(30)14-12-10-8-2)26(4,23(18)32)25(34)27(20,5)35/h7-11,13,19-21,29,31,35H,12,14H2,1-6H3/b9-7+,10-8+,13-11+,18-16?/t19-,20-,21?,26-,27?,28-/m1/s1. The molecule has 2 unspecified atom stereocenters. The molecule has 0 aromatic heterocycles. The summed E-state index contributed by atoms with van der Waals surface area (Å²) in [6.45, 7) is 8.87. The van der Waals surface area contributed by atoms with E-state index in [4.69, 9.17) is 4.74 Å². The molecule has 0 aromatic carbocycles. The Balaban J connectivity index is 2.36. The molecule has 0 radical (unpaired) electrons. The van der Waals surface area contributed by atoms with E-state index in [1.807, 2.05) is 0 Å². The molecule has 8 heteroatoms. The number of aliphatic hydroxyl groups is 3. The van der Waals surface area contributed by atoms with Crippen LogP contribution in [-0.2, 0) is 23.9 Å². The number of Topliss-reactive ketones (excluding diaryl/α,β-unsaturated/α-hetero) is 3. The number of allylic oxidation sites excluding steroid dienone is 6. The number of ketones is 3. The Morgan fingerprint density at radius 2 is 1.72 bits per heavy atom. The maximum absolute atomic E-state index is 13.9. The number of aliphatic hydroxyl groups excluding tert-OH is 2. The molecule has 0 amide bonds. The van der Waals surface area contributed by atoms with E-state index >= 15 is 0 Å². The molecule has 3 fully saturated rings. The second-order valence-electron chi connectivity index (χ2n) is 10.2. The van der Waals surface area contributed by atoms with Gasteiger partial charge < -0.3 is 20.1 Å². The van der Waals surface area contributed by atoms with Gasteiger partial charge in [-0.15, -0.1) is 0 Å². The quantitative estimate of drug-likeness (QED) is 0.120. The van der Waals surface area contributed by atoms with E-state index < -0.39 is 69.2 Å². The average molecular weight is 499 g/mol. The van der Waals surface area contributed by atoms with Gasteiger partial charge in [0.1, 0.15) is 28.3 Å². The largest absolute Gasteiger partial charge is 0.508 e. The molecule has 194 valence electrons. The summed E-state index contributed by atoms with van der Waals surface area (Å²) in [5, 5.41) is 33.5. The van der Waals surface area contributed by atoms with Crippen LogP contribution in [0.4, 0.5) is 0 Å². The number of fused-ring (bicyclic) bond motifs is 3. The van der Waals surface area contributed by atoms with Crippen LogP contribution < -0.4 is 0 Å². The second kappa shape index (κ2) is 9.32. The van der Waals surface area contributed by atoms with Crippen molar-refractivity contribution < 1.29 is 39.2 Å². The first-order chi connectivity index (χ1) is 16.7. The monoisotopic (exact) mass is 498 g/mol. The molecule has 3 saturated carbocycles. The van der Waals surface area contributed by atoms with Crippen LogP contribution in [0.2, 0.25) is 0 Å². The third kappa shape index (κ3) is 3.70. The van der Waals surface area contributed by atoms with Gasteiger partial charge >= 0.3 is 5.97 Å². The summed E-state index contributed by atoms with van der Waals surface area (Å²) >= 11 is 0. The van der Waals surface area contributed by atoms with Crippen LogP contribution in [0.3, 0.4) is 0 Å². The number of ether oxygens (including phenoxy) is 1. The lowest BCUT2D eigenvalue weighted by atomic mass is 9.40. The zero-order chi connectivity index (χ0) is 27.2. The van der Waals surface area contributed by atoms with Gasteiger partial charge in [0.05, 0.1) is 5.57 Å². The number of rotatable bonds is 7. The maximum atomic E-state index is 13.9. The van der Waals surface area contributed by atoms with Gasteiger partial charge in [-0.2, -0.15) is 0 Å². The predicted octanol–water partition coefficient (Wildman–Crippen LogP) is 3.78. The molecule has 0 spiro atoms. The minimum Gasteiger partial charge on any atom is -0.508 e. The average Bonchev–Trinajstić information content (AvgIpc) is 3.01. The van der Waals surface area contributed by atoms with Crippen molar-refractivity contribution in [3.05, 3.63) is 59.1 Å². The lowest BCUT2D eigenvalue weighted by molar-refractivity contribution is -0.204. The second-order valence-corrected chi connectivity index (χ2v) is 10.2. The SMILES string of the molecule is C/C=C/C=C/C(O)=C1C(=O)[C@]2(C)C(=O)C(C)(O)[C@H]1C([C@@]1(C)OC(=O)C(C)=C1O)[C@H]2C(=O)CC/C=C/C. The molecular formula is C28H34O8. The zero-order valence-electron chi connectivity index (χ0n) is 21.5. The molecular weight excluding hydrogens is 464 g/mol. The Hall–Kier alpha value is -3.26. The minimum atomic E-state index is -2.20. The molecule has 1 aliphatic heterocycles. The summed E-state index contributed by atoms with van der Waals surface area (Å²) in [6, 6.07) is 0.